The number of nitrogens with zero attached hydrogens (tertiary/aromatic N) is 2. The van der Waals surface area contributed by atoms with E-state index in [9.17, 15) is 9.59 Å². The molecule has 20 heavy (non-hydrogen) atoms. The number of thioether (sulfide) groups is 1. The monoisotopic (exact) mass is 296 g/mol. The fourth-order valence-corrected chi connectivity index (χ4v) is 5.43. The SMILES string of the molecule is CC(C)C(=O)N1CC2CC3(C1)SCCN3C(=O)C2(C)C. The first-order chi connectivity index (χ1) is 9.28. The van der Waals surface area contributed by atoms with Gasteiger partial charge in [0.05, 0.1) is 6.54 Å². The summed E-state index contributed by atoms with van der Waals surface area (Å²) in [6.45, 7) is 10.3. The van der Waals surface area contributed by atoms with Crippen LogP contribution in [-0.2, 0) is 9.59 Å². The number of hydrogen-bond acceptors (Lipinski definition) is 3. The van der Waals surface area contributed by atoms with Crippen molar-refractivity contribution in [2.45, 2.75) is 39.0 Å². The van der Waals surface area contributed by atoms with Crippen LogP contribution in [0.1, 0.15) is 34.1 Å². The lowest BCUT2D eigenvalue weighted by molar-refractivity contribution is -0.165. The Morgan fingerprint density at radius 1 is 1.40 bits per heavy atom. The van der Waals surface area contributed by atoms with E-state index in [1.54, 1.807) is 0 Å². The van der Waals surface area contributed by atoms with E-state index in [4.69, 9.17) is 0 Å². The Morgan fingerprint density at radius 3 is 2.75 bits per heavy atom. The Bertz CT molecular complexity index is 463. The summed E-state index contributed by atoms with van der Waals surface area (Å²) in [5, 5.41) is 0. The summed E-state index contributed by atoms with van der Waals surface area (Å²) in [5.41, 5.74) is -0.343. The van der Waals surface area contributed by atoms with Gasteiger partial charge >= 0.3 is 0 Å². The van der Waals surface area contributed by atoms with Crippen LogP contribution in [0.2, 0.25) is 0 Å². The first-order valence-electron chi connectivity index (χ1n) is 7.53. The van der Waals surface area contributed by atoms with Gasteiger partial charge in [-0.25, -0.2) is 0 Å². The molecule has 1 spiro atoms. The van der Waals surface area contributed by atoms with Crippen molar-refractivity contribution in [3.63, 3.8) is 0 Å². The van der Waals surface area contributed by atoms with Crippen molar-refractivity contribution < 1.29 is 9.59 Å². The second kappa shape index (κ2) is 4.39. The van der Waals surface area contributed by atoms with Crippen LogP contribution < -0.4 is 0 Å². The predicted molar refractivity (Wildman–Crippen MR) is 80.2 cm³/mol. The molecule has 4 nitrogen and oxygen atoms in total. The maximum absolute atomic E-state index is 12.8. The molecule has 3 rings (SSSR count). The summed E-state index contributed by atoms with van der Waals surface area (Å²) in [6.07, 6.45) is 1.04. The van der Waals surface area contributed by atoms with Gasteiger partial charge in [0.15, 0.2) is 0 Å². The molecule has 112 valence electrons. The van der Waals surface area contributed by atoms with E-state index in [0.717, 1.165) is 25.3 Å². The van der Waals surface area contributed by atoms with Crippen molar-refractivity contribution in [3.05, 3.63) is 0 Å². The zero-order valence-electron chi connectivity index (χ0n) is 12.8. The minimum Gasteiger partial charge on any atom is -0.339 e. The molecule has 3 aliphatic rings. The first kappa shape index (κ1) is 14.2. The zero-order chi connectivity index (χ0) is 14.7. The van der Waals surface area contributed by atoms with Gasteiger partial charge in [-0.2, -0.15) is 0 Å². The van der Waals surface area contributed by atoms with E-state index in [-0.39, 0.29) is 33.9 Å². The summed E-state index contributed by atoms with van der Waals surface area (Å²) >= 11 is 1.88. The summed E-state index contributed by atoms with van der Waals surface area (Å²) in [4.78, 5) is 29.1. The summed E-state index contributed by atoms with van der Waals surface area (Å²) in [5.74, 6) is 1.83. The Morgan fingerprint density at radius 2 is 2.10 bits per heavy atom. The van der Waals surface area contributed by atoms with Gasteiger partial charge in [-0.05, 0) is 12.3 Å². The van der Waals surface area contributed by atoms with Gasteiger partial charge in [-0.1, -0.05) is 27.7 Å². The van der Waals surface area contributed by atoms with Gasteiger partial charge < -0.3 is 9.80 Å². The molecule has 0 aromatic rings. The molecule has 3 heterocycles. The molecule has 0 aromatic carbocycles. The predicted octanol–water partition coefficient (Wildman–Crippen LogP) is 1.80. The lowest BCUT2D eigenvalue weighted by atomic mass is 9.68. The minimum atomic E-state index is -0.343. The van der Waals surface area contributed by atoms with Crippen LogP contribution in [0.25, 0.3) is 0 Å². The molecule has 3 aliphatic heterocycles. The van der Waals surface area contributed by atoms with Crippen molar-refractivity contribution in [2.24, 2.45) is 17.3 Å². The van der Waals surface area contributed by atoms with Crippen molar-refractivity contribution >= 4 is 23.6 Å². The Labute approximate surface area is 125 Å². The smallest absolute Gasteiger partial charge is 0.229 e. The number of likely N-dealkylation sites (tertiary alicyclic amines) is 1. The Balaban J connectivity index is 1.96. The highest BCUT2D eigenvalue weighted by Gasteiger charge is 2.60. The molecule has 0 saturated carbocycles. The summed E-state index contributed by atoms with van der Waals surface area (Å²) in [6, 6.07) is 0. The number of amides is 2. The second-order valence-electron chi connectivity index (χ2n) is 7.25. The van der Waals surface area contributed by atoms with E-state index in [1.165, 1.54) is 0 Å². The number of fused-ring (bicyclic) bond motifs is 1. The fraction of sp³-hybridized carbons (Fsp3) is 0.867. The number of carbonyl (C=O) groups is 2. The van der Waals surface area contributed by atoms with Gasteiger partial charge in [0.25, 0.3) is 0 Å². The van der Waals surface area contributed by atoms with E-state index >= 15 is 0 Å². The third-order valence-corrected chi connectivity index (χ3v) is 6.68. The standard InChI is InChI=1S/C15H24N2O2S/c1-10(2)12(18)16-8-11-7-15(9-16)17(5-6-20-15)13(19)14(11,3)4/h10-11H,5-9H2,1-4H3. The van der Waals surface area contributed by atoms with Gasteiger partial charge in [0.2, 0.25) is 11.8 Å². The maximum atomic E-state index is 12.8. The molecule has 0 aromatic heterocycles. The number of piperidine rings is 2. The molecule has 3 fully saturated rings. The van der Waals surface area contributed by atoms with E-state index in [0.29, 0.717) is 6.54 Å². The number of hydrogen-bond donors (Lipinski definition) is 0. The highest BCUT2D eigenvalue weighted by atomic mass is 32.2. The van der Waals surface area contributed by atoms with Crippen LogP contribution in [0.3, 0.4) is 0 Å². The normalized spacial score (nSPS) is 35.5. The molecule has 0 radical (unpaired) electrons. The van der Waals surface area contributed by atoms with Crippen LogP contribution in [0, 0.1) is 17.3 Å². The average molecular weight is 296 g/mol. The highest BCUT2D eigenvalue weighted by molar-refractivity contribution is 8.00. The largest absolute Gasteiger partial charge is 0.339 e. The average Bonchev–Trinajstić information content (AvgIpc) is 2.78. The Kier molecular flexibility index (Phi) is 3.13. The van der Waals surface area contributed by atoms with Crippen molar-refractivity contribution in [1.29, 1.82) is 0 Å². The summed E-state index contributed by atoms with van der Waals surface area (Å²) < 4.78 is 0. The van der Waals surface area contributed by atoms with Crippen LogP contribution in [0.5, 0.6) is 0 Å². The first-order valence-corrected chi connectivity index (χ1v) is 8.51. The van der Waals surface area contributed by atoms with Crippen LogP contribution in [0.15, 0.2) is 0 Å². The van der Waals surface area contributed by atoms with Gasteiger partial charge in [0, 0.05) is 30.2 Å². The van der Waals surface area contributed by atoms with E-state index in [1.807, 2.05) is 30.5 Å². The zero-order valence-corrected chi connectivity index (χ0v) is 13.6. The molecule has 2 amide bonds. The third-order valence-electron chi connectivity index (χ3n) is 5.24. The highest BCUT2D eigenvalue weighted by Crippen LogP contribution is 2.54. The lowest BCUT2D eigenvalue weighted by Crippen LogP contribution is -2.68. The molecule has 3 saturated heterocycles. The van der Waals surface area contributed by atoms with Gasteiger partial charge in [0.1, 0.15) is 4.87 Å². The number of carbonyl (C=O) groups excluding carboxylic acids is 2. The van der Waals surface area contributed by atoms with E-state index in [2.05, 4.69) is 18.7 Å². The molecule has 0 aliphatic carbocycles. The fourth-order valence-electron chi connectivity index (χ4n) is 3.88. The van der Waals surface area contributed by atoms with E-state index < -0.39 is 0 Å². The molecule has 2 unspecified atom stereocenters. The summed E-state index contributed by atoms with van der Waals surface area (Å²) in [7, 11) is 0. The molecular weight excluding hydrogens is 272 g/mol. The maximum Gasteiger partial charge on any atom is 0.229 e. The van der Waals surface area contributed by atoms with Crippen molar-refractivity contribution in [3.8, 4) is 0 Å². The minimum absolute atomic E-state index is 0.0314. The van der Waals surface area contributed by atoms with Gasteiger partial charge in [-0.3, -0.25) is 9.59 Å². The lowest BCUT2D eigenvalue weighted by Gasteiger charge is -2.57. The molecule has 5 heteroatoms. The van der Waals surface area contributed by atoms with Crippen LogP contribution in [-0.4, -0.2) is 51.9 Å². The molecule has 2 atom stereocenters. The quantitative estimate of drug-likeness (QED) is 0.741. The van der Waals surface area contributed by atoms with Crippen molar-refractivity contribution in [1.82, 2.24) is 9.80 Å². The Hall–Kier alpha value is -0.710. The third kappa shape index (κ3) is 1.81. The molecular formula is C15H24N2O2S. The molecule has 0 N–H and O–H groups in total. The van der Waals surface area contributed by atoms with Gasteiger partial charge in [-0.15, -0.1) is 11.8 Å². The van der Waals surface area contributed by atoms with Crippen LogP contribution >= 0.6 is 11.8 Å². The topological polar surface area (TPSA) is 40.6 Å². The molecule has 2 bridgehead atoms. The van der Waals surface area contributed by atoms with Crippen molar-refractivity contribution in [2.75, 3.05) is 25.4 Å². The number of rotatable bonds is 1. The van der Waals surface area contributed by atoms with Crippen LogP contribution in [0.4, 0.5) is 0 Å². The second-order valence-corrected chi connectivity index (χ2v) is 8.70.